The lowest BCUT2D eigenvalue weighted by molar-refractivity contribution is -0.384. The van der Waals surface area contributed by atoms with Crippen LogP contribution in [0.4, 0.5) is 11.4 Å². The third-order valence-electron chi connectivity index (χ3n) is 4.20. The lowest BCUT2D eigenvalue weighted by Crippen LogP contribution is -2.14. The summed E-state index contributed by atoms with van der Waals surface area (Å²) in [5.41, 5.74) is 1.35. The first-order valence-electron chi connectivity index (χ1n) is 8.99. The number of nitrogens with zero attached hydrogens (tertiary/aromatic N) is 1. The molecule has 8 heteroatoms. The van der Waals surface area contributed by atoms with Gasteiger partial charge in [-0.25, -0.2) is 8.42 Å². The summed E-state index contributed by atoms with van der Waals surface area (Å²) in [6, 6.07) is 21.5. The smallest absolute Gasteiger partial charge is 0.269 e. The zero-order valence-electron chi connectivity index (χ0n) is 15.5. The summed E-state index contributed by atoms with van der Waals surface area (Å²) in [5, 5.41) is 10.7. The summed E-state index contributed by atoms with van der Waals surface area (Å²) < 4.78 is 33.5. The minimum atomic E-state index is -3.90. The van der Waals surface area contributed by atoms with Crippen LogP contribution in [0.5, 0.6) is 5.75 Å². The number of non-ortho nitro benzene ring substituents is 1. The second-order valence-corrected chi connectivity index (χ2v) is 7.97. The van der Waals surface area contributed by atoms with Crippen LogP contribution < -0.4 is 9.46 Å². The Bertz CT molecular complexity index is 1070. The number of sulfonamides is 1. The van der Waals surface area contributed by atoms with Gasteiger partial charge < -0.3 is 4.74 Å². The second kappa shape index (κ2) is 9.20. The van der Waals surface area contributed by atoms with Gasteiger partial charge >= 0.3 is 0 Å². The molecule has 0 saturated heterocycles. The fourth-order valence-corrected chi connectivity index (χ4v) is 3.80. The molecule has 3 aromatic rings. The van der Waals surface area contributed by atoms with Crippen LogP contribution >= 0.6 is 0 Å². The van der Waals surface area contributed by atoms with Crippen molar-refractivity contribution in [3.8, 4) is 5.75 Å². The van der Waals surface area contributed by atoms with E-state index in [0.717, 1.165) is 25.0 Å². The molecule has 0 bridgehead atoms. The SMILES string of the molecule is O=[N+]([O-])c1ccc(S(=O)(=O)Nc2ccccc2OCCCc2ccccc2)cc1. The fourth-order valence-electron chi connectivity index (χ4n) is 2.73. The molecule has 0 aromatic heterocycles. The molecular weight excluding hydrogens is 392 g/mol. The van der Waals surface area contributed by atoms with Gasteiger partial charge in [-0.05, 0) is 42.7 Å². The van der Waals surface area contributed by atoms with E-state index in [1.54, 1.807) is 24.3 Å². The van der Waals surface area contributed by atoms with Gasteiger partial charge in [0.05, 0.1) is 22.1 Å². The van der Waals surface area contributed by atoms with Crippen LogP contribution in [0.2, 0.25) is 0 Å². The minimum Gasteiger partial charge on any atom is -0.491 e. The van der Waals surface area contributed by atoms with Crippen molar-refractivity contribution in [1.29, 1.82) is 0 Å². The van der Waals surface area contributed by atoms with Crippen molar-refractivity contribution in [2.45, 2.75) is 17.7 Å². The van der Waals surface area contributed by atoms with Crippen LogP contribution in [0.1, 0.15) is 12.0 Å². The molecule has 0 fully saturated rings. The summed E-state index contributed by atoms with van der Waals surface area (Å²) in [7, 11) is -3.90. The summed E-state index contributed by atoms with van der Waals surface area (Å²) in [4.78, 5) is 10.1. The first-order chi connectivity index (χ1) is 14.0. The van der Waals surface area contributed by atoms with Crippen LogP contribution in [0, 0.1) is 10.1 Å². The first kappa shape index (κ1) is 20.3. The highest BCUT2D eigenvalue weighted by atomic mass is 32.2. The van der Waals surface area contributed by atoms with E-state index in [1.807, 2.05) is 30.3 Å². The highest BCUT2D eigenvalue weighted by Gasteiger charge is 2.18. The molecule has 3 rings (SSSR count). The molecule has 0 atom stereocenters. The molecule has 7 nitrogen and oxygen atoms in total. The van der Waals surface area contributed by atoms with Crippen molar-refractivity contribution in [2.24, 2.45) is 0 Å². The van der Waals surface area contributed by atoms with Gasteiger partial charge in [0, 0.05) is 12.1 Å². The maximum atomic E-state index is 12.6. The predicted molar refractivity (Wildman–Crippen MR) is 111 cm³/mol. The summed E-state index contributed by atoms with van der Waals surface area (Å²) in [6.45, 7) is 0.436. The number of benzene rings is 3. The highest BCUT2D eigenvalue weighted by molar-refractivity contribution is 7.92. The molecule has 0 aliphatic rings. The third-order valence-corrected chi connectivity index (χ3v) is 5.58. The second-order valence-electron chi connectivity index (χ2n) is 6.29. The Hall–Kier alpha value is -3.39. The van der Waals surface area contributed by atoms with Gasteiger partial charge in [-0.15, -0.1) is 0 Å². The molecule has 29 heavy (non-hydrogen) atoms. The van der Waals surface area contributed by atoms with Crippen LogP contribution in [0.25, 0.3) is 0 Å². The average molecular weight is 412 g/mol. The number of aryl methyl sites for hydroxylation is 1. The predicted octanol–water partition coefficient (Wildman–Crippen LogP) is 4.41. The number of nitro benzene ring substituents is 1. The van der Waals surface area contributed by atoms with Crippen LogP contribution in [-0.2, 0) is 16.4 Å². The molecule has 0 amide bonds. The topological polar surface area (TPSA) is 98.5 Å². The van der Waals surface area contributed by atoms with Gasteiger partial charge in [0.25, 0.3) is 15.7 Å². The highest BCUT2D eigenvalue weighted by Crippen LogP contribution is 2.27. The standard InChI is InChI=1S/C21H20N2O5S/c24-23(25)18-12-14-19(15-13-18)29(26,27)22-20-10-4-5-11-21(20)28-16-6-9-17-7-2-1-3-8-17/h1-5,7-8,10-15,22H,6,9,16H2. The molecule has 1 N–H and O–H groups in total. The van der Waals surface area contributed by atoms with Crippen LogP contribution in [0.15, 0.2) is 83.8 Å². The summed E-state index contributed by atoms with van der Waals surface area (Å²) >= 11 is 0. The Kier molecular flexibility index (Phi) is 6.46. The number of para-hydroxylation sites is 2. The van der Waals surface area contributed by atoms with Gasteiger partial charge in [0.15, 0.2) is 0 Å². The first-order valence-corrected chi connectivity index (χ1v) is 10.5. The zero-order valence-corrected chi connectivity index (χ0v) is 16.3. The van der Waals surface area contributed by atoms with Crippen molar-refractivity contribution in [3.05, 3.63) is 94.5 Å². The molecule has 0 saturated carbocycles. The van der Waals surface area contributed by atoms with Crippen LogP contribution in [-0.4, -0.2) is 19.9 Å². The number of hydrogen-bond acceptors (Lipinski definition) is 5. The minimum absolute atomic E-state index is 0.0676. The third kappa shape index (κ3) is 5.55. The molecule has 0 aliphatic carbocycles. The number of ether oxygens (including phenoxy) is 1. The van der Waals surface area contributed by atoms with Gasteiger partial charge in [-0.2, -0.15) is 0 Å². The van der Waals surface area contributed by atoms with Gasteiger partial charge in [0.1, 0.15) is 5.75 Å². The van der Waals surface area contributed by atoms with E-state index < -0.39 is 14.9 Å². The fraction of sp³-hybridized carbons (Fsp3) is 0.143. The zero-order chi connectivity index (χ0) is 20.7. The van der Waals surface area contributed by atoms with E-state index in [9.17, 15) is 18.5 Å². The maximum absolute atomic E-state index is 12.6. The Labute approximate surface area is 169 Å². The van der Waals surface area contributed by atoms with Crippen molar-refractivity contribution in [3.63, 3.8) is 0 Å². The van der Waals surface area contributed by atoms with Crippen LogP contribution in [0.3, 0.4) is 0 Å². The lowest BCUT2D eigenvalue weighted by atomic mass is 10.1. The maximum Gasteiger partial charge on any atom is 0.269 e. The Morgan fingerprint density at radius 1 is 0.897 bits per heavy atom. The molecule has 150 valence electrons. The van der Waals surface area contributed by atoms with Crippen molar-refractivity contribution >= 4 is 21.4 Å². The Balaban J connectivity index is 1.65. The quantitative estimate of drug-likeness (QED) is 0.319. The van der Waals surface area contributed by atoms with Crippen molar-refractivity contribution < 1.29 is 18.1 Å². The normalized spacial score (nSPS) is 11.0. The Morgan fingerprint density at radius 2 is 1.55 bits per heavy atom. The summed E-state index contributed by atoms with van der Waals surface area (Å²) in [6.07, 6.45) is 1.64. The molecular formula is C21H20N2O5S. The number of anilines is 1. The van der Waals surface area contributed by atoms with E-state index in [-0.39, 0.29) is 10.6 Å². The van der Waals surface area contributed by atoms with Crippen molar-refractivity contribution in [1.82, 2.24) is 0 Å². The van der Waals surface area contributed by atoms with E-state index in [4.69, 9.17) is 4.74 Å². The number of nitrogens with one attached hydrogen (secondary N) is 1. The largest absolute Gasteiger partial charge is 0.491 e. The number of hydrogen-bond donors (Lipinski definition) is 1. The van der Waals surface area contributed by atoms with Gasteiger partial charge in [0.2, 0.25) is 0 Å². The Morgan fingerprint density at radius 3 is 2.24 bits per heavy atom. The van der Waals surface area contributed by atoms with Crippen molar-refractivity contribution in [2.75, 3.05) is 11.3 Å². The monoisotopic (exact) mass is 412 g/mol. The number of nitro groups is 1. The van der Waals surface area contributed by atoms with E-state index >= 15 is 0 Å². The van der Waals surface area contributed by atoms with Gasteiger partial charge in [-0.1, -0.05) is 42.5 Å². The van der Waals surface area contributed by atoms with Gasteiger partial charge in [-0.3, -0.25) is 14.8 Å². The van der Waals surface area contributed by atoms with E-state index in [0.29, 0.717) is 18.0 Å². The van der Waals surface area contributed by atoms with E-state index in [2.05, 4.69) is 4.72 Å². The molecule has 3 aromatic carbocycles. The molecule has 0 heterocycles. The molecule has 0 aliphatic heterocycles. The molecule has 0 spiro atoms. The molecule has 0 radical (unpaired) electrons. The molecule has 0 unspecified atom stereocenters. The summed E-state index contributed by atoms with van der Waals surface area (Å²) in [5.74, 6) is 0.422. The average Bonchev–Trinajstić information content (AvgIpc) is 2.73. The number of rotatable bonds is 9. The van der Waals surface area contributed by atoms with E-state index in [1.165, 1.54) is 17.7 Å². The lowest BCUT2D eigenvalue weighted by Gasteiger charge is -2.13.